The van der Waals surface area contributed by atoms with E-state index in [0.29, 0.717) is 22.8 Å². The number of nitrogens with zero attached hydrogens (tertiary/aromatic N) is 4. The summed E-state index contributed by atoms with van der Waals surface area (Å²) < 4.78 is 1.88. The van der Waals surface area contributed by atoms with Crippen molar-refractivity contribution in [1.29, 1.82) is 5.26 Å². The molecule has 1 aromatic carbocycles. The Balaban J connectivity index is 1.24. The van der Waals surface area contributed by atoms with E-state index in [1.54, 1.807) is 0 Å². The molecule has 0 radical (unpaired) electrons. The molecule has 2 aliphatic rings. The van der Waals surface area contributed by atoms with Crippen molar-refractivity contribution in [1.82, 2.24) is 14.8 Å². The molecule has 1 amide bonds. The Kier molecular flexibility index (Phi) is 5.90. The van der Waals surface area contributed by atoms with E-state index in [2.05, 4.69) is 27.5 Å². The molecule has 1 unspecified atom stereocenters. The van der Waals surface area contributed by atoms with Crippen LogP contribution in [0.2, 0.25) is 0 Å². The maximum Gasteiger partial charge on any atom is 0.257 e. The summed E-state index contributed by atoms with van der Waals surface area (Å²) in [5.74, 6) is 0.0625. The largest absolute Gasteiger partial charge is 0.327 e. The van der Waals surface area contributed by atoms with Gasteiger partial charge in [-0.15, -0.1) is 11.3 Å². The molecule has 5 rings (SSSR count). The number of carbonyl (C=O) groups is 1. The number of nitriles is 1. The molecule has 33 heavy (non-hydrogen) atoms. The predicted molar refractivity (Wildman–Crippen MR) is 128 cm³/mol. The zero-order valence-electron chi connectivity index (χ0n) is 18.1. The lowest BCUT2D eigenvalue weighted by atomic mass is 9.92. The number of benzene rings is 1. The highest BCUT2D eigenvalue weighted by Crippen LogP contribution is 2.30. The quantitative estimate of drug-likeness (QED) is 0.604. The first-order valence-electron chi connectivity index (χ1n) is 11.0. The van der Waals surface area contributed by atoms with Crippen LogP contribution in [0.1, 0.15) is 50.8 Å². The minimum atomic E-state index is -0.166. The maximum absolute atomic E-state index is 12.8. The molecule has 2 aromatic heterocycles. The van der Waals surface area contributed by atoms with Crippen molar-refractivity contribution in [2.45, 2.75) is 44.2 Å². The lowest BCUT2D eigenvalue weighted by molar-refractivity contribution is 0.102. The SMILES string of the molecule is N#CC1=CCC(c2cnn(Cc3cccc(C(=O)Nc4nc5c(s4)C[C@@H](N)CC5)c3)c2)C=C1. The summed E-state index contributed by atoms with van der Waals surface area (Å²) in [6.45, 7) is 0.570. The third-order valence-corrected chi connectivity index (χ3v) is 7.08. The molecule has 2 heterocycles. The van der Waals surface area contributed by atoms with Gasteiger partial charge in [-0.3, -0.25) is 14.8 Å². The second-order valence-electron chi connectivity index (χ2n) is 8.49. The topological polar surface area (TPSA) is 110 Å². The van der Waals surface area contributed by atoms with E-state index in [1.807, 2.05) is 53.5 Å². The van der Waals surface area contributed by atoms with E-state index < -0.39 is 0 Å². The Morgan fingerprint density at radius 2 is 2.30 bits per heavy atom. The molecule has 0 fully saturated rings. The average molecular weight is 457 g/mol. The van der Waals surface area contributed by atoms with Crippen LogP contribution < -0.4 is 11.1 Å². The highest BCUT2D eigenvalue weighted by atomic mass is 32.1. The Morgan fingerprint density at radius 1 is 1.39 bits per heavy atom. The van der Waals surface area contributed by atoms with Crippen LogP contribution >= 0.6 is 11.3 Å². The molecule has 8 heteroatoms. The van der Waals surface area contributed by atoms with Gasteiger partial charge in [0.05, 0.1) is 24.5 Å². The highest BCUT2D eigenvalue weighted by Gasteiger charge is 2.21. The van der Waals surface area contributed by atoms with Gasteiger partial charge in [0.15, 0.2) is 5.13 Å². The average Bonchev–Trinajstić information content (AvgIpc) is 3.45. The zero-order chi connectivity index (χ0) is 22.8. The normalized spacial score (nSPS) is 19.5. The number of hydrogen-bond acceptors (Lipinski definition) is 6. The molecule has 0 bridgehead atoms. The van der Waals surface area contributed by atoms with Gasteiger partial charge in [0.1, 0.15) is 0 Å². The van der Waals surface area contributed by atoms with Gasteiger partial charge in [-0.2, -0.15) is 10.4 Å². The Labute approximate surface area is 196 Å². The number of thiazole rings is 1. The van der Waals surface area contributed by atoms with Crippen LogP contribution in [0.15, 0.2) is 60.5 Å². The van der Waals surface area contributed by atoms with Gasteiger partial charge in [0.25, 0.3) is 5.91 Å². The monoisotopic (exact) mass is 456 g/mol. The van der Waals surface area contributed by atoms with Crippen molar-refractivity contribution >= 4 is 22.4 Å². The summed E-state index contributed by atoms with van der Waals surface area (Å²) in [7, 11) is 0. The summed E-state index contributed by atoms with van der Waals surface area (Å²) in [4.78, 5) is 18.6. The van der Waals surface area contributed by atoms with Crippen molar-refractivity contribution in [2.75, 3.05) is 5.32 Å². The van der Waals surface area contributed by atoms with Gasteiger partial charge < -0.3 is 5.73 Å². The molecule has 0 saturated carbocycles. The molecule has 0 spiro atoms. The van der Waals surface area contributed by atoms with Gasteiger partial charge in [-0.1, -0.05) is 24.3 Å². The van der Waals surface area contributed by atoms with Gasteiger partial charge in [0.2, 0.25) is 0 Å². The molecular weight excluding hydrogens is 432 g/mol. The number of fused-ring (bicyclic) bond motifs is 1. The standard InChI is InChI=1S/C25H24N6OS/c26-12-16-4-6-18(7-5-16)20-13-28-31(15-20)14-17-2-1-3-19(10-17)24(32)30-25-29-22-9-8-21(27)11-23(22)33-25/h1-6,10,13,15,18,21H,7-9,11,14,27H2,(H,29,30,32)/t18?,21-/m0/s1. The van der Waals surface area contributed by atoms with Gasteiger partial charge in [-0.05, 0) is 55.0 Å². The van der Waals surface area contributed by atoms with Crippen molar-refractivity contribution in [2.24, 2.45) is 5.73 Å². The molecule has 3 aromatic rings. The van der Waals surface area contributed by atoms with E-state index >= 15 is 0 Å². The lowest BCUT2D eigenvalue weighted by Gasteiger charge is -2.15. The molecule has 2 atom stereocenters. The van der Waals surface area contributed by atoms with Crippen LogP contribution in [0.4, 0.5) is 5.13 Å². The number of aromatic nitrogens is 3. The van der Waals surface area contributed by atoms with Crippen LogP contribution in [0.5, 0.6) is 0 Å². The summed E-state index contributed by atoms with van der Waals surface area (Å²) in [5.41, 5.74) is 10.5. The number of anilines is 1. The third-order valence-electron chi connectivity index (χ3n) is 6.04. The van der Waals surface area contributed by atoms with E-state index in [-0.39, 0.29) is 17.9 Å². The molecular formula is C25H24N6OS. The minimum absolute atomic E-state index is 0.166. The van der Waals surface area contributed by atoms with Crippen molar-refractivity contribution in [3.8, 4) is 6.07 Å². The second-order valence-corrected chi connectivity index (χ2v) is 9.57. The molecule has 166 valence electrons. The molecule has 3 N–H and O–H groups in total. The summed E-state index contributed by atoms with van der Waals surface area (Å²) >= 11 is 1.52. The minimum Gasteiger partial charge on any atom is -0.327 e. The maximum atomic E-state index is 12.8. The molecule has 2 aliphatic carbocycles. The Hall–Kier alpha value is -3.54. The number of rotatable bonds is 5. The number of allylic oxidation sites excluding steroid dienone is 4. The van der Waals surface area contributed by atoms with E-state index in [9.17, 15) is 4.79 Å². The number of carbonyl (C=O) groups excluding carboxylic acids is 1. The summed E-state index contributed by atoms with van der Waals surface area (Å²) in [6, 6.07) is 9.93. The van der Waals surface area contributed by atoms with Crippen LogP contribution in [0, 0.1) is 11.3 Å². The fraction of sp³-hybridized carbons (Fsp3) is 0.280. The Morgan fingerprint density at radius 3 is 3.12 bits per heavy atom. The van der Waals surface area contributed by atoms with Crippen molar-refractivity contribution in [3.05, 3.63) is 87.7 Å². The Bertz CT molecular complexity index is 1290. The number of nitrogens with one attached hydrogen (secondary N) is 1. The molecule has 7 nitrogen and oxygen atoms in total. The fourth-order valence-electron chi connectivity index (χ4n) is 4.23. The third kappa shape index (κ3) is 4.80. The van der Waals surface area contributed by atoms with E-state index in [1.165, 1.54) is 16.2 Å². The predicted octanol–water partition coefficient (Wildman–Crippen LogP) is 3.95. The number of aryl methyl sites for hydroxylation is 1. The van der Waals surface area contributed by atoms with E-state index in [0.717, 1.165) is 42.5 Å². The summed E-state index contributed by atoms with van der Waals surface area (Å²) in [5, 5.41) is 17.1. The first-order chi connectivity index (χ1) is 16.1. The van der Waals surface area contributed by atoms with Gasteiger partial charge >= 0.3 is 0 Å². The highest BCUT2D eigenvalue weighted by molar-refractivity contribution is 7.15. The lowest BCUT2D eigenvalue weighted by Crippen LogP contribution is -2.27. The van der Waals surface area contributed by atoms with Gasteiger partial charge in [0, 0.05) is 34.2 Å². The van der Waals surface area contributed by atoms with Crippen molar-refractivity contribution < 1.29 is 4.79 Å². The van der Waals surface area contributed by atoms with Crippen molar-refractivity contribution in [3.63, 3.8) is 0 Å². The summed E-state index contributed by atoms with van der Waals surface area (Å²) in [6.07, 6.45) is 13.2. The fourth-order valence-corrected chi connectivity index (χ4v) is 5.33. The first kappa shape index (κ1) is 21.3. The van der Waals surface area contributed by atoms with Gasteiger partial charge in [-0.25, -0.2) is 4.98 Å². The van der Waals surface area contributed by atoms with E-state index in [4.69, 9.17) is 11.0 Å². The zero-order valence-corrected chi connectivity index (χ0v) is 18.9. The molecule has 0 aliphatic heterocycles. The first-order valence-corrected chi connectivity index (χ1v) is 11.8. The van der Waals surface area contributed by atoms with Crippen LogP contribution in [0.25, 0.3) is 0 Å². The van der Waals surface area contributed by atoms with Crippen LogP contribution in [0.3, 0.4) is 0 Å². The molecule has 0 saturated heterocycles. The number of nitrogens with two attached hydrogens (primary N) is 1. The van der Waals surface area contributed by atoms with Crippen LogP contribution in [-0.4, -0.2) is 26.7 Å². The van der Waals surface area contributed by atoms with Crippen LogP contribution in [-0.2, 0) is 19.4 Å². The second kappa shape index (κ2) is 9.14. The number of hydrogen-bond donors (Lipinski definition) is 2. The smallest absolute Gasteiger partial charge is 0.257 e. The number of amides is 1.